The number of hydrogen-bond donors (Lipinski definition) is 0. The summed E-state index contributed by atoms with van der Waals surface area (Å²) in [5.41, 5.74) is 8.00. The van der Waals surface area contributed by atoms with Crippen LogP contribution in [0.5, 0.6) is 0 Å². The summed E-state index contributed by atoms with van der Waals surface area (Å²) in [6.07, 6.45) is 1.04. The van der Waals surface area contributed by atoms with Gasteiger partial charge in [0.05, 0.1) is 0 Å². The maximum absolute atomic E-state index is 2.41. The Kier molecular flexibility index (Phi) is 5.75. The molecule has 0 saturated heterocycles. The van der Waals surface area contributed by atoms with E-state index in [0.717, 1.165) is 6.42 Å². The van der Waals surface area contributed by atoms with E-state index in [9.17, 15) is 0 Å². The Morgan fingerprint density at radius 2 is 0.800 bits per heavy atom. The summed E-state index contributed by atoms with van der Waals surface area (Å²) in [5.74, 6) is 0. The second kappa shape index (κ2) is 9.35. The van der Waals surface area contributed by atoms with E-state index in [1.807, 2.05) is 0 Å². The van der Waals surface area contributed by atoms with Crippen molar-refractivity contribution < 1.29 is 0 Å². The van der Waals surface area contributed by atoms with Crippen LogP contribution in [0, 0.1) is 0 Å². The van der Waals surface area contributed by atoms with Gasteiger partial charge in [-0.05, 0) is 113 Å². The van der Waals surface area contributed by atoms with Crippen LogP contribution in [0.2, 0.25) is 0 Å². The molecule has 0 saturated carbocycles. The van der Waals surface area contributed by atoms with Gasteiger partial charge in [-0.25, -0.2) is 0 Å². The molecule has 0 heteroatoms. The minimum absolute atomic E-state index is 0.115. The Labute approximate surface area is 236 Å². The van der Waals surface area contributed by atoms with Crippen molar-refractivity contribution in [1.29, 1.82) is 0 Å². The fourth-order valence-electron chi connectivity index (χ4n) is 6.26. The number of rotatable bonds is 3. The standard InChI is InChI=1S/C40H34/c1-5-26-14-16-27(17-15-26)38-34-22-29-10-6-8-12-31(29)24-36(34)39(28-18-20-33(21-19-28)40(2,3)4)37-25-32-13-9-7-11-30(32)23-35(37)38/h6-25H,5H2,1-4H3. The van der Waals surface area contributed by atoms with Gasteiger partial charge in [-0.1, -0.05) is 125 Å². The van der Waals surface area contributed by atoms with Crippen molar-refractivity contribution in [2.24, 2.45) is 0 Å². The molecule has 0 amide bonds. The molecule has 7 aromatic carbocycles. The number of benzene rings is 7. The number of hydrogen-bond acceptors (Lipinski definition) is 0. The van der Waals surface area contributed by atoms with Gasteiger partial charge in [0.25, 0.3) is 0 Å². The minimum atomic E-state index is 0.115. The molecule has 0 aromatic heterocycles. The van der Waals surface area contributed by atoms with Crippen LogP contribution in [0.4, 0.5) is 0 Å². The quantitative estimate of drug-likeness (QED) is 0.206. The van der Waals surface area contributed by atoms with Crippen molar-refractivity contribution in [3.8, 4) is 22.3 Å². The van der Waals surface area contributed by atoms with Gasteiger partial charge < -0.3 is 0 Å². The number of aryl methyl sites for hydroxylation is 1. The van der Waals surface area contributed by atoms with E-state index in [0.29, 0.717) is 0 Å². The van der Waals surface area contributed by atoms with E-state index in [4.69, 9.17) is 0 Å². The summed E-state index contributed by atoms with van der Waals surface area (Å²) in [6.45, 7) is 9.06. The third-order valence-electron chi connectivity index (χ3n) is 8.54. The first-order chi connectivity index (χ1) is 19.4. The highest BCUT2D eigenvalue weighted by molar-refractivity contribution is 6.25. The number of fused-ring (bicyclic) bond motifs is 4. The molecule has 0 heterocycles. The maximum atomic E-state index is 2.41. The molecule has 0 spiro atoms. The molecule has 0 aliphatic carbocycles. The van der Waals surface area contributed by atoms with Crippen LogP contribution in [-0.2, 0) is 11.8 Å². The molecular formula is C40H34. The second-order valence-electron chi connectivity index (χ2n) is 12.1. The van der Waals surface area contributed by atoms with E-state index < -0.39 is 0 Å². The zero-order valence-electron chi connectivity index (χ0n) is 23.8. The third-order valence-corrected chi connectivity index (χ3v) is 8.54. The highest BCUT2D eigenvalue weighted by Crippen LogP contribution is 2.46. The topological polar surface area (TPSA) is 0 Å². The Hall–Kier alpha value is -4.42. The van der Waals surface area contributed by atoms with E-state index in [1.165, 1.54) is 76.5 Å². The van der Waals surface area contributed by atoms with Crippen LogP contribution >= 0.6 is 0 Å². The first-order valence-corrected chi connectivity index (χ1v) is 14.4. The predicted molar refractivity (Wildman–Crippen MR) is 175 cm³/mol. The van der Waals surface area contributed by atoms with Crippen molar-refractivity contribution in [2.45, 2.75) is 39.5 Å². The van der Waals surface area contributed by atoms with Crippen molar-refractivity contribution in [2.75, 3.05) is 0 Å². The SMILES string of the molecule is CCc1ccc(-c2c3cc4ccccc4cc3c(-c3ccc(C(C)(C)C)cc3)c3cc4ccccc4cc23)cc1. The average Bonchev–Trinajstić information content (AvgIpc) is 2.98. The molecule has 0 fully saturated rings. The van der Waals surface area contributed by atoms with E-state index >= 15 is 0 Å². The van der Waals surface area contributed by atoms with Crippen LogP contribution < -0.4 is 0 Å². The molecule has 194 valence electrons. The fraction of sp³-hybridized carbons (Fsp3) is 0.150. The molecule has 7 aromatic rings. The second-order valence-corrected chi connectivity index (χ2v) is 12.1. The van der Waals surface area contributed by atoms with Gasteiger partial charge >= 0.3 is 0 Å². The van der Waals surface area contributed by atoms with Crippen molar-refractivity contribution in [3.05, 3.63) is 132 Å². The largest absolute Gasteiger partial charge is 0.0616 e. The molecule has 0 aliphatic heterocycles. The van der Waals surface area contributed by atoms with Gasteiger partial charge in [-0.15, -0.1) is 0 Å². The van der Waals surface area contributed by atoms with Gasteiger partial charge in [-0.2, -0.15) is 0 Å². The highest BCUT2D eigenvalue weighted by Gasteiger charge is 2.19. The van der Waals surface area contributed by atoms with Gasteiger partial charge in [0.15, 0.2) is 0 Å². The monoisotopic (exact) mass is 514 g/mol. The maximum Gasteiger partial charge on any atom is -0.00259 e. The molecule has 0 nitrogen and oxygen atoms in total. The van der Waals surface area contributed by atoms with Crippen LogP contribution in [0.3, 0.4) is 0 Å². The molecule has 7 rings (SSSR count). The Balaban J connectivity index is 1.68. The fourth-order valence-corrected chi connectivity index (χ4v) is 6.26. The summed E-state index contributed by atoms with van der Waals surface area (Å²) >= 11 is 0. The molecule has 40 heavy (non-hydrogen) atoms. The zero-order valence-corrected chi connectivity index (χ0v) is 23.8. The first kappa shape index (κ1) is 24.6. The lowest BCUT2D eigenvalue weighted by Crippen LogP contribution is -2.10. The average molecular weight is 515 g/mol. The van der Waals surface area contributed by atoms with Crippen LogP contribution in [0.15, 0.2) is 121 Å². The Morgan fingerprint density at radius 1 is 0.450 bits per heavy atom. The van der Waals surface area contributed by atoms with E-state index in [-0.39, 0.29) is 5.41 Å². The first-order valence-electron chi connectivity index (χ1n) is 14.4. The summed E-state index contributed by atoms with van der Waals surface area (Å²) in [4.78, 5) is 0. The normalized spacial score (nSPS) is 12.1. The van der Waals surface area contributed by atoms with Crippen molar-refractivity contribution in [3.63, 3.8) is 0 Å². The van der Waals surface area contributed by atoms with E-state index in [1.54, 1.807) is 0 Å². The van der Waals surface area contributed by atoms with Crippen molar-refractivity contribution >= 4 is 43.1 Å². The van der Waals surface area contributed by atoms with Crippen LogP contribution in [-0.4, -0.2) is 0 Å². The highest BCUT2D eigenvalue weighted by atomic mass is 14.2. The lowest BCUT2D eigenvalue weighted by Gasteiger charge is -2.21. The van der Waals surface area contributed by atoms with Crippen LogP contribution in [0.1, 0.15) is 38.8 Å². The van der Waals surface area contributed by atoms with Gasteiger partial charge in [-0.3, -0.25) is 0 Å². The van der Waals surface area contributed by atoms with Gasteiger partial charge in [0.1, 0.15) is 0 Å². The molecule has 0 bridgehead atoms. The molecule has 0 aliphatic rings. The Morgan fingerprint density at radius 3 is 1.12 bits per heavy atom. The van der Waals surface area contributed by atoms with Crippen LogP contribution in [0.25, 0.3) is 65.3 Å². The molecule has 0 atom stereocenters. The smallest absolute Gasteiger partial charge is 0.00259 e. The Bertz CT molecular complexity index is 1940. The van der Waals surface area contributed by atoms with E-state index in [2.05, 4.69) is 149 Å². The molecule has 0 unspecified atom stereocenters. The summed E-state index contributed by atoms with van der Waals surface area (Å²) < 4.78 is 0. The minimum Gasteiger partial charge on any atom is -0.0616 e. The summed E-state index contributed by atoms with van der Waals surface area (Å²) in [7, 11) is 0. The molecule has 0 radical (unpaired) electrons. The van der Waals surface area contributed by atoms with Gasteiger partial charge in [0, 0.05) is 0 Å². The lowest BCUT2D eigenvalue weighted by molar-refractivity contribution is 0.590. The third kappa shape index (κ3) is 4.07. The molecular weight excluding hydrogens is 480 g/mol. The summed E-state index contributed by atoms with van der Waals surface area (Å²) in [5, 5.41) is 10.3. The predicted octanol–water partition coefficient (Wildman–Crippen LogP) is 11.5. The molecule has 0 N–H and O–H groups in total. The van der Waals surface area contributed by atoms with Crippen molar-refractivity contribution in [1.82, 2.24) is 0 Å². The zero-order chi connectivity index (χ0) is 27.4. The summed E-state index contributed by atoms with van der Waals surface area (Å²) in [6, 6.07) is 45.7. The lowest BCUT2D eigenvalue weighted by atomic mass is 9.82. The van der Waals surface area contributed by atoms with Gasteiger partial charge in [0.2, 0.25) is 0 Å².